The number of carboxylic acids is 1. The number of nitrogens with zero attached hydrogens (tertiary/aromatic N) is 1. The lowest BCUT2D eigenvalue weighted by molar-refractivity contribution is -0.117. The SMILES string of the molecule is CCCOc1ccc(N2CC(COc3ccc(C(=O)O)cc3)CC2=O)cc1. The van der Waals surface area contributed by atoms with Crippen LogP contribution in [0, 0.1) is 5.92 Å². The Labute approximate surface area is 158 Å². The number of rotatable bonds is 8. The molecule has 1 N–H and O–H groups in total. The van der Waals surface area contributed by atoms with E-state index >= 15 is 0 Å². The molecule has 1 heterocycles. The van der Waals surface area contributed by atoms with E-state index in [9.17, 15) is 9.59 Å². The molecule has 0 aromatic heterocycles. The van der Waals surface area contributed by atoms with Crippen LogP contribution in [0.15, 0.2) is 48.5 Å². The first-order valence-corrected chi connectivity index (χ1v) is 9.06. The van der Waals surface area contributed by atoms with E-state index in [1.807, 2.05) is 24.3 Å². The van der Waals surface area contributed by atoms with Crippen molar-refractivity contribution in [3.05, 3.63) is 54.1 Å². The smallest absolute Gasteiger partial charge is 0.335 e. The minimum atomic E-state index is -0.968. The summed E-state index contributed by atoms with van der Waals surface area (Å²) in [5.41, 5.74) is 1.08. The van der Waals surface area contributed by atoms with E-state index in [-0.39, 0.29) is 17.4 Å². The third kappa shape index (κ3) is 4.78. The van der Waals surface area contributed by atoms with E-state index in [0.717, 1.165) is 17.9 Å². The molecule has 1 aliphatic heterocycles. The van der Waals surface area contributed by atoms with Gasteiger partial charge in [0.2, 0.25) is 5.91 Å². The number of benzene rings is 2. The van der Waals surface area contributed by atoms with Gasteiger partial charge in [0, 0.05) is 24.6 Å². The van der Waals surface area contributed by atoms with Crippen molar-refractivity contribution in [3.63, 3.8) is 0 Å². The van der Waals surface area contributed by atoms with E-state index in [4.69, 9.17) is 14.6 Å². The zero-order valence-corrected chi connectivity index (χ0v) is 15.3. The monoisotopic (exact) mass is 369 g/mol. The minimum Gasteiger partial charge on any atom is -0.494 e. The van der Waals surface area contributed by atoms with Crippen LogP contribution in [0.1, 0.15) is 30.1 Å². The number of carbonyl (C=O) groups excluding carboxylic acids is 1. The van der Waals surface area contributed by atoms with Gasteiger partial charge in [-0.1, -0.05) is 6.92 Å². The first kappa shape index (κ1) is 18.8. The van der Waals surface area contributed by atoms with Gasteiger partial charge in [-0.15, -0.1) is 0 Å². The van der Waals surface area contributed by atoms with Crippen molar-refractivity contribution >= 4 is 17.6 Å². The number of hydrogen-bond donors (Lipinski definition) is 1. The molecule has 2 aromatic rings. The molecule has 1 fully saturated rings. The summed E-state index contributed by atoms with van der Waals surface area (Å²) >= 11 is 0. The number of carbonyl (C=O) groups is 2. The van der Waals surface area contributed by atoms with Crippen LogP contribution >= 0.6 is 0 Å². The fourth-order valence-corrected chi connectivity index (χ4v) is 2.99. The Balaban J connectivity index is 1.54. The molecule has 0 radical (unpaired) electrons. The molecule has 27 heavy (non-hydrogen) atoms. The van der Waals surface area contributed by atoms with Crippen molar-refractivity contribution in [1.82, 2.24) is 0 Å². The summed E-state index contributed by atoms with van der Waals surface area (Å²) in [4.78, 5) is 25.0. The standard InChI is InChI=1S/C21H23NO5/c1-2-11-26-18-9-5-17(6-10-18)22-13-15(12-20(22)23)14-27-19-7-3-16(4-8-19)21(24)25/h3-10,15H,2,11-14H2,1H3,(H,24,25). The van der Waals surface area contributed by atoms with Crippen molar-refractivity contribution in [2.45, 2.75) is 19.8 Å². The van der Waals surface area contributed by atoms with Crippen LogP contribution in [0.5, 0.6) is 11.5 Å². The third-order valence-electron chi connectivity index (χ3n) is 4.41. The van der Waals surface area contributed by atoms with Crippen molar-refractivity contribution in [1.29, 1.82) is 0 Å². The van der Waals surface area contributed by atoms with Gasteiger partial charge >= 0.3 is 5.97 Å². The highest BCUT2D eigenvalue weighted by Gasteiger charge is 2.31. The van der Waals surface area contributed by atoms with Crippen LogP contribution in [-0.2, 0) is 4.79 Å². The molecule has 1 unspecified atom stereocenters. The number of amides is 1. The molecule has 0 spiro atoms. The van der Waals surface area contributed by atoms with Gasteiger partial charge in [-0.05, 0) is 55.0 Å². The molecule has 1 saturated heterocycles. The highest BCUT2D eigenvalue weighted by Crippen LogP contribution is 2.27. The van der Waals surface area contributed by atoms with Crippen molar-refractivity contribution < 1.29 is 24.2 Å². The molecule has 0 aliphatic carbocycles. The zero-order valence-electron chi connectivity index (χ0n) is 15.3. The van der Waals surface area contributed by atoms with Crippen LogP contribution in [0.2, 0.25) is 0 Å². The van der Waals surface area contributed by atoms with E-state index in [1.54, 1.807) is 17.0 Å². The lowest BCUT2D eigenvalue weighted by Crippen LogP contribution is -2.25. The van der Waals surface area contributed by atoms with Crippen molar-refractivity contribution in [2.24, 2.45) is 5.92 Å². The number of aromatic carboxylic acids is 1. The Kier molecular flexibility index (Phi) is 5.96. The van der Waals surface area contributed by atoms with Gasteiger partial charge in [-0.25, -0.2) is 4.79 Å². The Morgan fingerprint density at radius 2 is 1.70 bits per heavy atom. The number of carboxylic acid groups (broad SMARTS) is 1. The molecule has 3 rings (SSSR count). The fourth-order valence-electron chi connectivity index (χ4n) is 2.99. The Morgan fingerprint density at radius 1 is 1.07 bits per heavy atom. The van der Waals surface area contributed by atoms with Crippen molar-refractivity contribution in [3.8, 4) is 11.5 Å². The average Bonchev–Trinajstić information content (AvgIpc) is 3.06. The Morgan fingerprint density at radius 3 is 2.33 bits per heavy atom. The van der Waals surface area contributed by atoms with Gasteiger partial charge in [0.05, 0.1) is 18.8 Å². The van der Waals surface area contributed by atoms with Crippen molar-refractivity contribution in [2.75, 3.05) is 24.7 Å². The second kappa shape index (κ2) is 8.58. The van der Waals surface area contributed by atoms with Gasteiger partial charge in [0.25, 0.3) is 0 Å². The second-order valence-corrected chi connectivity index (χ2v) is 6.56. The van der Waals surface area contributed by atoms with Crippen LogP contribution < -0.4 is 14.4 Å². The summed E-state index contributed by atoms with van der Waals surface area (Å²) in [6.45, 7) is 3.74. The number of ether oxygens (including phenoxy) is 2. The first-order valence-electron chi connectivity index (χ1n) is 9.06. The Hall–Kier alpha value is -3.02. The maximum atomic E-state index is 12.3. The molecule has 142 valence electrons. The summed E-state index contributed by atoms with van der Waals surface area (Å²) in [5.74, 6) is 0.602. The maximum Gasteiger partial charge on any atom is 0.335 e. The highest BCUT2D eigenvalue weighted by molar-refractivity contribution is 5.95. The minimum absolute atomic E-state index is 0.0760. The quantitative estimate of drug-likeness (QED) is 0.769. The number of hydrogen-bond acceptors (Lipinski definition) is 4. The molecule has 6 heteroatoms. The molecule has 1 amide bonds. The molecular weight excluding hydrogens is 346 g/mol. The highest BCUT2D eigenvalue weighted by atomic mass is 16.5. The van der Waals surface area contributed by atoms with Gasteiger partial charge in [0.1, 0.15) is 11.5 Å². The zero-order chi connectivity index (χ0) is 19.2. The van der Waals surface area contributed by atoms with E-state index in [2.05, 4.69) is 6.92 Å². The molecule has 2 aromatic carbocycles. The van der Waals surface area contributed by atoms with Crippen LogP contribution in [-0.4, -0.2) is 36.7 Å². The molecular formula is C21H23NO5. The number of anilines is 1. The predicted octanol–water partition coefficient (Wildman–Crippen LogP) is 3.61. The second-order valence-electron chi connectivity index (χ2n) is 6.56. The van der Waals surface area contributed by atoms with Crippen LogP contribution in [0.25, 0.3) is 0 Å². The molecule has 0 bridgehead atoms. The summed E-state index contributed by atoms with van der Waals surface area (Å²) < 4.78 is 11.3. The third-order valence-corrected chi connectivity index (χ3v) is 4.41. The lowest BCUT2D eigenvalue weighted by Gasteiger charge is -2.17. The summed E-state index contributed by atoms with van der Waals surface area (Å²) in [6.07, 6.45) is 1.38. The van der Waals surface area contributed by atoms with Gasteiger partial charge < -0.3 is 19.5 Å². The summed E-state index contributed by atoms with van der Waals surface area (Å²) in [5, 5.41) is 8.91. The van der Waals surface area contributed by atoms with Gasteiger partial charge in [0.15, 0.2) is 0 Å². The van der Waals surface area contributed by atoms with E-state index in [1.165, 1.54) is 12.1 Å². The van der Waals surface area contributed by atoms with E-state index < -0.39 is 5.97 Å². The maximum absolute atomic E-state index is 12.3. The van der Waals surface area contributed by atoms with E-state index in [0.29, 0.717) is 31.9 Å². The average molecular weight is 369 g/mol. The molecule has 1 atom stereocenters. The summed E-state index contributed by atoms with van der Waals surface area (Å²) in [6, 6.07) is 13.8. The summed E-state index contributed by atoms with van der Waals surface area (Å²) in [7, 11) is 0. The topological polar surface area (TPSA) is 76.1 Å². The van der Waals surface area contributed by atoms with Gasteiger partial charge in [-0.2, -0.15) is 0 Å². The van der Waals surface area contributed by atoms with Gasteiger partial charge in [-0.3, -0.25) is 4.79 Å². The largest absolute Gasteiger partial charge is 0.494 e. The normalized spacial score (nSPS) is 16.4. The fraction of sp³-hybridized carbons (Fsp3) is 0.333. The molecule has 6 nitrogen and oxygen atoms in total. The Bertz CT molecular complexity index is 785. The molecule has 1 aliphatic rings. The van der Waals surface area contributed by atoms with Crippen LogP contribution in [0.3, 0.4) is 0 Å². The lowest BCUT2D eigenvalue weighted by atomic mass is 10.1. The predicted molar refractivity (Wildman–Crippen MR) is 102 cm³/mol. The first-order chi connectivity index (χ1) is 13.1. The molecule has 0 saturated carbocycles. The van der Waals surface area contributed by atoms with Crippen LogP contribution in [0.4, 0.5) is 5.69 Å².